The summed E-state index contributed by atoms with van der Waals surface area (Å²) in [5.74, 6) is 0.455. The van der Waals surface area contributed by atoms with Crippen LogP contribution in [0, 0.1) is 0 Å². The SMILES string of the molecule is CCCC(N)C(=O)Nc1ccnn1Cc1ccc(Cl)cc1.Cl. The van der Waals surface area contributed by atoms with E-state index < -0.39 is 6.04 Å². The maximum atomic E-state index is 12.0. The summed E-state index contributed by atoms with van der Waals surface area (Å²) in [6.45, 7) is 2.56. The van der Waals surface area contributed by atoms with Crippen molar-refractivity contribution in [1.82, 2.24) is 9.78 Å². The number of halogens is 2. The number of nitrogens with one attached hydrogen (secondary N) is 1. The number of hydrogen-bond acceptors (Lipinski definition) is 3. The van der Waals surface area contributed by atoms with E-state index in [4.69, 9.17) is 17.3 Å². The molecule has 0 spiro atoms. The normalized spacial score (nSPS) is 11.6. The number of nitrogens with zero attached hydrogens (tertiary/aromatic N) is 2. The number of amides is 1. The van der Waals surface area contributed by atoms with Crippen molar-refractivity contribution in [1.29, 1.82) is 0 Å². The summed E-state index contributed by atoms with van der Waals surface area (Å²) in [4.78, 5) is 12.0. The fourth-order valence-corrected chi connectivity index (χ4v) is 2.11. The van der Waals surface area contributed by atoms with Crippen LogP contribution in [0.2, 0.25) is 5.02 Å². The lowest BCUT2D eigenvalue weighted by molar-refractivity contribution is -0.117. The van der Waals surface area contributed by atoms with E-state index in [1.165, 1.54) is 0 Å². The number of rotatable bonds is 6. The molecule has 1 unspecified atom stereocenters. The van der Waals surface area contributed by atoms with Crippen LogP contribution in [0.25, 0.3) is 0 Å². The fraction of sp³-hybridized carbons (Fsp3) is 0.333. The summed E-state index contributed by atoms with van der Waals surface area (Å²) in [5.41, 5.74) is 6.86. The lowest BCUT2D eigenvalue weighted by Crippen LogP contribution is -2.36. The Balaban J connectivity index is 0.00000242. The Morgan fingerprint density at radius 1 is 1.36 bits per heavy atom. The second kappa shape index (κ2) is 8.78. The molecule has 5 nitrogen and oxygen atoms in total. The molecular weight excluding hydrogens is 323 g/mol. The first-order chi connectivity index (χ1) is 10.1. The van der Waals surface area contributed by atoms with Crippen LogP contribution in [0.5, 0.6) is 0 Å². The molecule has 0 saturated heterocycles. The average molecular weight is 343 g/mol. The van der Waals surface area contributed by atoms with Gasteiger partial charge in [-0.3, -0.25) is 4.79 Å². The Morgan fingerprint density at radius 2 is 2.05 bits per heavy atom. The zero-order chi connectivity index (χ0) is 15.2. The number of hydrogen-bond donors (Lipinski definition) is 2. The Morgan fingerprint density at radius 3 is 2.68 bits per heavy atom. The van der Waals surface area contributed by atoms with Crippen LogP contribution in [0.4, 0.5) is 5.82 Å². The number of aromatic nitrogens is 2. The van der Waals surface area contributed by atoms with Crippen LogP contribution in [0.1, 0.15) is 25.3 Å². The largest absolute Gasteiger partial charge is 0.320 e. The van der Waals surface area contributed by atoms with E-state index in [0.29, 0.717) is 23.8 Å². The first kappa shape index (κ1) is 18.5. The lowest BCUT2D eigenvalue weighted by atomic mass is 10.2. The van der Waals surface area contributed by atoms with Crippen molar-refractivity contribution >= 4 is 35.7 Å². The van der Waals surface area contributed by atoms with Crippen LogP contribution in [-0.2, 0) is 11.3 Å². The molecule has 1 atom stereocenters. The molecule has 1 heterocycles. The highest BCUT2D eigenvalue weighted by Crippen LogP contribution is 2.14. The van der Waals surface area contributed by atoms with E-state index >= 15 is 0 Å². The van der Waals surface area contributed by atoms with Crippen molar-refractivity contribution in [2.75, 3.05) is 5.32 Å². The Bertz CT molecular complexity index is 598. The molecule has 0 aliphatic heterocycles. The topological polar surface area (TPSA) is 72.9 Å². The molecular formula is C15H20Cl2N4O. The zero-order valence-electron chi connectivity index (χ0n) is 12.3. The molecule has 120 valence electrons. The number of anilines is 1. The van der Waals surface area contributed by atoms with E-state index in [2.05, 4.69) is 10.4 Å². The second-order valence-corrected chi connectivity index (χ2v) is 5.32. The maximum Gasteiger partial charge on any atom is 0.242 e. The summed E-state index contributed by atoms with van der Waals surface area (Å²) >= 11 is 5.86. The van der Waals surface area contributed by atoms with Crippen molar-refractivity contribution in [2.45, 2.75) is 32.4 Å². The van der Waals surface area contributed by atoms with Gasteiger partial charge in [-0.05, 0) is 24.1 Å². The van der Waals surface area contributed by atoms with E-state index in [1.807, 2.05) is 31.2 Å². The predicted molar refractivity (Wildman–Crippen MR) is 91.5 cm³/mol. The van der Waals surface area contributed by atoms with Crippen LogP contribution in [0.3, 0.4) is 0 Å². The van der Waals surface area contributed by atoms with Crippen LogP contribution < -0.4 is 11.1 Å². The summed E-state index contributed by atoms with van der Waals surface area (Å²) in [6.07, 6.45) is 3.19. The number of benzene rings is 1. The van der Waals surface area contributed by atoms with Gasteiger partial charge in [-0.1, -0.05) is 37.1 Å². The molecule has 1 aromatic carbocycles. The Labute approximate surface area is 141 Å². The second-order valence-electron chi connectivity index (χ2n) is 4.88. The van der Waals surface area contributed by atoms with E-state index in [9.17, 15) is 4.79 Å². The molecule has 3 N–H and O–H groups in total. The minimum Gasteiger partial charge on any atom is -0.320 e. The van der Waals surface area contributed by atoms with Crippen molar-refractivity contribution in [2.24, 2.45) is 5.73 Å². The highest BCUT2D eigenvalue weighted by molar-refractivity contribution is 6.30. The van der Waals surface area contributed by atoms with Gasteiger partial charge in [0.15, 0.2) is 0 Å². The van der Waals surface area contributed by atoms with Gasteiger partial charge < -0.3 is 11.1 Å². The van der Waals surface area contributed by atoms with Gasteiger partial charge in [-0.25, -0.2) is 4.68 Å². The van der Waals surface area contributed by atoms with Crippen molar-refractivity contribution < 1.29 is 4.79 Å². The van der Waals surface area contributed by atoms with Crippen LogP contribution in [0.15, 0.2) is 36.5 Å². The van der Waals surface area contributed by atoms with Gasteiger partial charge in [-0.15, -0.1) is 12.4 Å². The van der Waals surface area contributed by atoms with E-state index in [1.54, 1.807) is 16.9 Å². The quantitative estimate of drug-likeness (QED) is 0.847. The van der Waals surface area contributed by atoms with E-state index in [-0.39, 0.29) is 18.3 Å². The van der Waals surface area contributed by atoms with Gasteiger partial charge in [-0.2, -0.15) is 5.10 Å². The van der Waals surface area contributed by atoms with Gasteiger partial charge in [0.05, 0.1) is 18.8 Å². The highest BCUT2D eigenvalue weighted by Gasteiger charge is 2.14. The maximum absolute atomic E-state index is 12.0. The van der Waals surface area contributed by atoms with Gasteiger partial charge in [0.25, 0.3) is 0 Å². The smallest absolute Gasteiger partial charge is 0.242 e. The third-order valence-electron chi connectivity index (χ3n) is 3.15. The first-order valence-corrected chi connectivity index (χ1v) is 7.30. The number of nitrogens with two attached hydrogens (primary N) is 1. The van der Waals surface area contributed by atoms with Gasteiger partial charge >= 0.3 is 0 Å². The minimum absolute atomic E-state index is 0. The molecule has 0 aliphatic carbocycles. The van der Waals surface area contributed by atoms with Crippen molar-refractivity contribution in [3.8, 4) is 0 Å². The molecule has 0 radical (unpaired) electrons. The predicted octanol–water partition coefficient (Wildman–Crippen LogP) is 3.07. The Kier molecular flexibility index (Phi) is 7.38. The summed E-state index contributed by atoms with van der Waals surface area (Å²) in [7, 11) is 0. The van der Waals surface area contributed by atoms with Gasteiger partial charge in [0.2, 0.25) is 5.91 Å². The molecule has 1 amide bonds. The molecule has 22 heavy (non-hydrogen) atoms. The fourth-order valence-electron chi connectivity index (χ4n) is 1.99. The zero-order valence-corrected chi connectivity index (χ0v) is 13.9. The highest BCUT2D eigenvalue weighted by atomic mass is 35.5. The Hall–Kier alpha value is -1.56. The molecule has 0 fully saturated rings. The monoisotopic (exact) mass is 342 g/mol. The molecule has 0 aliphatic rings. The summed E-state index contributed by atoms with van der Waals surface area (Å²) in [6, 6.07) is 8.78. The lowest BCUT2D eigenvalue weighted by Gasteiger charge is -2.13. The van der Waals surface area contributed by atoms with E-state index in [0.717, 1.165) is 12.0 Å². The summed E-state index contributed by atoms with van der Waals surface area (Å²) in [5, 5.41) is 7.73. The summed E-state index contributed by atoms with van der Waals surface area (Å²) < 4.78 is 1.72. The van der Waals surface area contributed by atoms with Crippen LogP contribution >= 0.6 is 24.0 Å². The van der Waals surface area contributed by atoms with Crippen molar-refractivity contribution in [3.05, 3.63) is 47.1 Å². The third kappa shape index (κ3) is 5.02. The molecule has 2 aromatic rings. The molecule has 7 heteroatoms. The molecule has 0 bridgehead atoms. The number of carbonyl (C=O) groups is 1. The molecule has 1 aromatic heterocycles. The van der Waals surface area contributed by atoms with Gasteiger partial charge in [0, 0.05) is 11.1 Å². The standard InChI is InChI=1S/C15H19ClN4O.ClH/c1-2-3-13(17)15(21)19-14-8-9-18-20(14)10-11-4-6-12(16)7-5-11;/h4-9,13H,2-3,10,17H2,1H3,(H,19,21);1H. The average Bonchev–Trinajstić information content (AvgIpc) is 2.89. The molecule has 2 rings (SSSR count). The number of carbonyl (C=O) groups excluding carboxylic acids is 1. The van der Waals surface area contributed by atoms with Gasteiger partial charge in [0.1, 0.15) is 5.82 Å². The first-order valence-electron chi connectivity index (χ1n) is 6.93. The minimum atomic E-state index is -0.492. The van der Waals surface area contributed by atoms with Crippen LogP contribution in [-0.4, -0.2) is 21.7 Å². The third-order valence-corrected chi connectivity index (χ3v) is 3.40. The van der Waals surface area contributed by atoms with Crippen molar-refractivity contribution in [3.63, 3.8) is 0 Å². The molecule has 0 saturated carbocycles.